The number of amides is 1. The molecule has 0 aromatic carbocycles. The van der Waals surface area contributed by atoms with Crippen LogP contribution in [0.25, 0.3) is 0 Å². The maximum Gasteiger partial charge on any atom is 0.328 e. The van der Waals surface area contributed by atoms with Crippen molar-refractivity contribution >= 4 is 81.5 Å². The number of esters is 1. The lowest BCUT2D eigenvalue weighted by atomic mass is 10.0. The van der Waals surface area contributed by atoms with Crippen molar-refractivity contribution in [3.8, 4) is 0 Å². The summed E-state index contributed by atoms with van der Waals surface area (Å²) in [4.78, 5) is 25.5. The molecule has 0 fully saturated rings. The monoisotopic (exact) mass is 473 g/mol. The van der Waals surface area contributed by atoms with Crippen molar-refractivity contribution in [1.82, 2.24) is 4.90 Å². The van der Waals surface area contributed by atoms with Crippen LogP contribution in [0.15, 0.2) is 12.2 Å². The summed E-state index contributed by atoms with van der Waals surface area (Å²) in [5.41, 5.74) is 0. The predicted octanol–water partition coefficient (Wildman–Crippen LogP) is 5.34. The third-order valence-electron chi connectivity index (χ3n) is 3.73. The first-order valence-corrected chi connectivity index (χ1v) is 9.63. The molecular formula is C15H21Cl6NO3. The Bertz CT molecular complexity index is 487. The Morgan fingerprint density at radius 3 is 1.92 bits per heavy atom. The van der Waals surface area contributed by atoms with Gasteiger partial charge in [-0.05, 0) is 18.9 Å². The highest BCUT2D eigenvalue weighted by molar-refractivity contribution is 6.68. The highest BCUT2D eigenvalue weighted by Gasteiger charge is 2.36. The topological polar surface area (TPSA) is 46.6 Å². The third kappa shape index (κ3) is 9.25. The van der Waals surface area contributed by atoms with E-state index in [4.69, 9.17) is 74.3 Å². The van der Waals surface area contributed by atoms with Gasteiger partial charge in [0, 0.05) is 18.9 Å². The van der Waals surface area contributed by atoms with Gasteiger partial charge in [-0.1, -0.05) is 89.5 Å². The van der Waals surface area contributed by atoms with E-state index in [2.05, 4.69) is 0 Å². The minimum atomic E-state index is -1.56. The molecule has 0 aliphatic heterocycles. The molecule has 0 spiro atoms. The maximum absolute atomic E-state index is 12.3. The van der Waals surface area contributed by atoms with Crippen molar-refractivity contribution in [3.63, 3.8) is 0 Å². The maximum atomic E-state index is 12.3. The van der Waals surface area contributed by atoms with E-state index in [9.17, 15) is 9.59 Å². The standard InChI is InChI=1S/C15H21Cl6NO3/c1-9(14(16,17)18)6-5-7-12(23)22(3)11(13(24)25-4)8-10(2)15(19,20)21/h5,7,9-11H,6,8H2,1-4H3. The molecule has 146 valence electrons. The summed E-state index contributed by atoms with van der Waals surface area (Å²) in [7, 11) is 2.70. The molecule has 3 unspecified atom stereocenters. The summed E-state index contributed by atoms with van der Waals surface area (Å²) < 4.78 is 1.76. The minimum absolute atomic E-state index is 0.129. The highest BCUT2D eigenvalue weighted by atomic mass is 35.6. The molecule has 0 aromatic heterocycles. The molecule has 10 heteroatoms. The number of halogens is 6. The van der Waals surface area contributed by atoms with Crippen molar-refractivity contribution in [2.45, 2.75) is 40.3 Å². The van der Waals surface area contributed by atoms with Gasteiger partial charge in [-0.2, -0.15) is 0 Å². The largest absolute Gasteiger partial charge is 0.467 e. The second kappa shape index (κ2) is 10.7. The number of methoxy groups -OCH3 is 1. The van der Waals surface area contributed by atoms with Crippen LogP contribution in [0.5, 0.6) is 0 Å². The van der Waals surface area contributed by atoms with Crippen LogP contribution in [0.2, 0.25) is 0 Å². The van der Waals surface area contributed by atoms with Crippen LogP contribution in [-0.2, 0) is 14.3 Å². The Kier molecular flexibility index (Phi) is 10.9. The second-order valence-corrected chi connectivity index (χ2v) is 10.5. The molecule has 0 aromatic rings. The Balaban J connectivity index is 5.04. The fourth-order valence-corrected chi connectivity index (χ4v) is 2.33. The number of hydrogen-bond acceptors (Lipinski definition) is 3. The van der Waals surface area contributed by atoms with Gasteiger partial charge in [0.25, 0.3) is 0 Å². The Hall–Kier alpha value is 0.420. The second-order valence-electron chi connectivity index (χ2n) is 5.75. The van der Waals surface area contributed by atoms with Crippen molar-refractivity contribution in [2.75, 3.05) is 14.2 Å². The Morgan fingerprint density at radius 1 is 1.04 bits per heavy atom. The van der Waals surface area contributed by atoms with Crippen molar-refractivity contribution < 1.29 is 14.3 Å². The first-order valence-electron chi connectivity index (χ1n) is 7.36. The number of ether oxygens (including phenoxy) is 1. The van der Waals surface area contributed by atoms with E-state index in [0.717, 1.165) is 0 Å². The lowest BCUT2D eigenvalue weighted by molar-refractivity contribution is -0.151. The lowest BCUT2D eigenvalue weighted by Gasteiger charge is -2.29. The van der Waals surface area contributed by atoms with Gasteiger partial charge >= 0.3 is 5.97 Å². The van der Waals surface area contributed by atoms with Gasteiger partial charge in [0.15, 0.2) is 7.59 Å². The molecule has 3 atom stereocenters. The van der Waals surface area contributed by atoms with Gasteiger partial charge in [-0.25, -0.2) is 4.79 Å². The van der Waals surface area contributed by atoms with Crippen LogP contribution < -0.4 is 0 Å². The Labute approximate surface area is 178 Å². The molecule has 1 amide bonds. The lowest BCUT2D eigenvalue weighted by Crippen LogP contribution is -2.44. The first kappa shape index (κ1) is 25.4. The van der Waals surface area contributed by atoms with Crippen molar-refractivity contribution in [3.05, 3.63) is 12.2 Å². The van der Waals surface area contributed by atoms with Gasteiger partial charge in [0.05, 0.1) is 7.11 Å². The zero-order valence-corrected chi connectivity index (χ0v) is 18.8. The molecule has 0 aliphatic carbocycles. The number of carbonyl (C=O) groups excluding carboxylic acids is 2. The number of rotatable bonds is 7. The molecule has 0 bridgehead atoms. The summed E-state index contributed by atoms with van der Waals surface area (Å²) in [5, 5.41) is 0. The summed E-state index contributed by atoms with van der Waals surface area (Å²) in [6, 6.07) is -0.890. The average molecular weight is 476 g/mol. The molecule has 25 heavy (non-hydrogen) atoms. The van der Waals surface area contributed by atoms with Gasteiger partial charge < -0.3 is 9.64 Å². The average Bonchev–Trinajstić information content (AvgIpc) is 2.48. The van der Waals surface area contributed by atoms with Gasteiger partial charge in [-0.3, -0.25) is 4.79 Å². The van der Waals surface area contributed by atoms with Crippen LogP contribution in [0.4, 0.5) is 0 Å². The highest BCUT2D eigenvalue weighted by Crippen LogP contribution is 2.38. The van der Waals surface area contributed by atoms with Gasteiger partial charge in [-0.15, -0.1) is 0 Å². The van der Waals surface area contributed by atoms with Crippen molar-refractivity contribution in [1.29, 1.82) is 0 Å². The third-order valence-corrected chi connectivity index (χ3v) is 5.97. The van der Waals surface area contributed by atoms with E-state index in [1.165, 1.54) is 25.1 Å². The molecule has 0 saturated carbocycles. The molecule has 0 saturated heterocycles. The number of allylic oxidation sites excluding steroid dienone is 1. The summed E-state index contributed by atoms with van der Waals surface area (Å²) >= 11 is 34.9. The van der Waals surface area contributed by atoms with E-state index in [0.29, 0.717) is 6.42 Å². The zero-order chi connectivity index (χ0) is 20.0. The zero-order valence-electron chi connectivity index (χ0n) is 14.2. The van der Waals surface area contributed by atoms with Gasteiger partial charge in [0.2, 0.25) is 5.91 Å². The quantitative estimate of drug-likeness (QED) is 0.284. The fourth-order valence-electron chi connectivity index (χ4n) is 1.79. The van der Waals surface area contributed by atoms with Crippen LogP contribution in [0.1, 0.15) is 26.7 Å². The Morgan fingerprint density at radius 2 is 1.52 bits per heavy atom. The van der Waals surface area contributed by atoms with E-state index in [1.54, 1.807) is 19.9 Å². The molecular weight excluding hydrogens is 455 g/mol. The van der Waals surface area contributed by atoms with Crippen LogP contribution >= 0.6 is 69.6 Å². The number of hydrogen-bond donors (Lipinski definition) is 0. The van der Waals surface area contributed by atoms with E-state index < -0.39 is 31.4 Å². The van der Waals surface area contributed by atoms with Crippen molar-refractivity contribution in [2.24, 2.45) is 11.8 Å². The SMILES string of the molecule is COC(=O)C(CC(C)C(Cl)(Cl)Cl)N(C)C(=O)C=CCC(C)C(Cl)(Cl)Cl. The molecule has 0 radical (unpaired) electrons. The summed E-state index contributed by atoms with van der Waals surface area (Å²) in [6.45, 7) is 3.41. The number of alkyl halides is 6. The number of likely N-dealkylation sites (N-methyl/N-ethyl adjacent to an activating group) is 1. The van der Waals surface area contributed by atoms with E-state index in [1.807, 2.05) is 0 Å². The smallest absolute Gasteiger partial charge is 0.328 e. The van der Waals surface area contributed by atoms with Crippen LogP contribution in [0.3, 0.4) is 0 Å². The molecule has 0 heterocycles. The van der Waals surface area contributed by atoms with E-state index >= 15 is 0 Å². The van der Waals surface area contributed by atoms with Gasteiger partial charge in [0.1, 0.15) is 6.04 Å². The molecule has 0 aliphatic rings. The van der Waals surface area contributed by atoms with Crippen LogP contribution in [-0.4, -0.2) is 44.6 Å². The minimum Gasteiger partial charge on any atom is -0.467 e. The van der Waals surface area contributed by atoms with Crippen LogP contribution in [0, 0.1) is 11.8 Å². The first-order chi connectivity index (χ1) is 11.2. The number of carbonyl (C=O) groups is 2. The molecule has 0 N–H and O–H groups in total. The fraction of sp³-hybridized carbons (Fsp3) is 0.733. The predicted molar refractivity (Wildman–Crippen MR) is 106 cm³/mol. The molecule has 0 rings (SSSR count). The molecule has 4 nitrogen and oxygen atoms in total. The normalized spacial score (nSPS) is 16.4. The van der Waals surface area contributed by atoms with E-state index in [-0.39, 0.29) is 12.3 Å². The number of nitrogens with zero attached hydrogens (tertiary/aromatic N) is 1. The summed E-state index contributed by atoms with van der Waals surface area (Å²) in [5.74, 6) is -1.78. The summed E-state index contributed by atoms with van der Waals surface area (Å²) in [6.07, 6.45) is 3.40.